The zero-order chi connectivity index (χ0) is 20.3. The van der Waals surface area contributed by atoms with Gasteiger partial charge >= 0.3 is 0 Å². The van der Waals surface area contributed by atoms with Crippen LogP contribution >= 0.6 is 12.2 Å². The minimum absolute atomic E-state index is 0.111. The molecule has 0 atom stereocenters. The highest BCUT2D eigenvalue weighted by atomic mass is 32.1. The van der Waals surface area contributed by atoms with E-state index < -0.39 is 0 Å². The number of aliphatic imine (C=N–C) groups is 1. The molecule has 2 heterocycles. The van der Waals surface area contributed by atoms with Gasteiger partial charge in [-0.05, 0) is 59.2 Å². The number of isothiocyanates is 1. The molecule has 0 saturated heterocycles. The third kappa shape index (κ3) is 3.52. The molecule has 0 saturated carbocycles. The van der Waals surface area contributed by atoms with Crippen LogP contribution in [-0.4, -0.2) is 31.6 Å². The van der Waals surface area contributed by atoms with Gasteiger partial charge in [0.25, 0.3) is 0 Å². The number of benzene rings is 3. The number of para-hydroxylation sites is 1. The van der Waals surface area contributed by atoms with Crippen molar-refractivity contribution in [2.45, 2.75) is 5.92 Å². The lowest BCUT2D eigenvalue weighted by atomic mass is 9.84. The second-order valence-electron chi connectivity index (χ2n) is 7.00. The van der Waals surface area contributed by atoms with Crippen LogP contribution in [0.2, 0.25) is 0 Å². The van der Waals surface area contributed by atoms with Crippen molar-refractivity contribution in [3.8, 4) is 23.0 Å². The lowest BCUT2D eigenvalue weighted by Crippen LogP contribution is -2.16. The molecule has 0 fully saturated rings. The first-order chi connectivity index (χ1) is 14.8. The summed E-state index contributed by atoms with van der Waals surface area (Å²) in [6.45, 7) is 2.20. The molecular formula is C24H19NO4S. The van der Waals surface area contributed by atoms with Crippen LogP contribution in [0.15, 0.2) is 65.7 Å². The van der Waals surface area contributed by atoms with Crippen LogP contribution in [0.25, 0.3) is 0 Å². The summed E-state index contributed by atoms with van der Waals surface area (Å²) < 4.78 is 23.1. The quantitative estimate of drug-likeness (QED) is 0.334. The molecule has 0 unspecified atom stereocenters. The Kier molecular flexibility index (Phi) is 5.10. The summed E-state index contributed by atoms with van der Waals surface area (Å²) >= 11 is 4.88. The molecule has 0 aromatic heterocycles. The van der Waals surface area contributed by atoms with Gasteiger partial charge in [0.05, 0.1) is 10.8 Å². The Labute approximate surface area is 179 Å². The minimum atomic E-state index is -0.111. The van der Waals surface area contributed by atoms with E-state index >= 15 is 0 Å². The van der Waals surface area contributed by atoms with Crippen molar-refractivity contribution in [1.29, 1.82) is 0 Å². The van der Waals surface area contributed by atoms with Crippen LogP contribution in [0, 0.1) is 0 Å². The van der Waals surface area contributed by atoms with E-state index in [1.54, 1.807) is 0 Å². The predicted molar refractivity (Wildman–Crippen MR) is 117 cm³/mol. The second kappa shape index (κ2) is 8.19. The maximum Gasteiger partial charge on any atom is 0.161 e. The van der Waals surface area contributed by atoms with Crippen LogP contribution < -0.4 is 18.9 Å². The van der Waals surface area contributed by atoms with Gasteiger partial charge in [0.15, 0.2) is 23.0 Å². The van der Waals surface area contributed by atoms with Crippen molar-refractivity contribution in [3.05, 3.63) is 77.4 Å². The molecule has 5 nitrogen and oxygen atoms in total. The van der Waals surface area contributed by atoms with Gasteiger partial charge in [0.1, 0.15) is 26.4 Å². The smallest absolute Gasteiger partial charge is 0.161 e. The maximum absolute atomic E-state index is 5.83. The lowest BCUT2D eigenvalue weighted by Gasteiger charge is -2.25. The van der Waals surface area contributed by atoms with Crippen LogP contribution in [0.1, 0.15) is 22.6 Å². The highest BCUT2D eigenvalue weighted by Gasteiger charge is 2.24. The molecule has 3 aromatic rings. The standard InChI is InChI=1S/C24H19NO4S/c30-15-25-19-4-2-1-3-18(19)24(16-5-7-20-22(13-16)28-11-9-26-20)17-6-8-21-23(14-17)29-12-10-27-21/h1-8,13-14,24H,9-12H2. The largest absolute Gasteiger partial charge is 0.486 e. The number of rotatable bonds is 4. The molecule has 2 aliphatic heterocycles. The number of ether oxygens (including phenoxy) is 4. The number of hydrogen-bond donors (Lipinski definition) is 0. The SMILES string of the molecule is S=C=Nc1ccccc1C(c1ccc2c(c1)OCCO2)c1ccc2c(c1)OCCO2. The fourth-order valence-electron chi connectivity index (χ4n) is 3.91. The van der Waals surface area contributed by atoms with E-state index in [0.29, 0.717) is 26.4 Å². The average molecular weight is 417 g/mol. The second-order valence-corrected chi connectivity index (χ2v) is 7.18. The maximum atomic E-state index is 5.83. The van der Waals surface area contributed by atoms with E-state index in [1.807, 2.05) is 42.5 Å². The van der Waals surface area contributed by atoms with Gasteiger partial charge in [-0.2, -0.15) is 4.99 Å². The molecule has 0 aliphatic carbocycles. The minimum Gasteiger partial charge on any atom is -0.486 e. The molecule has 0 N–H and O–H groups in total. The molecule has 0 radical (unpaired) electrons. The van der Waals surface area contributed by atoms with Gasteiger partial charge in [-0.25, -0.2) is 0 Å². The molecular weight excluding hydrogens is 398 g/mol. The normalized spacial score (nSPS) is 14.2. The topological polar surface area (TPSA) is 49.3 Å². The van der Waals surface area contributed by atoms with Crippen molar-refractivity contribution in [2.24, 2.45) is 4.99 Å². The van der Waals surface area contributed by atoms with Crippen LogP contribution in [0.3, 0.4) is 0 Å². The van der Waals surface area contributed by atoms with Crippen LogP contribution in [0.4, 0.5) is 5.69 Å². The van der Waals surface area contributed by atoms with Crippen molar-refractivity contribution in [2.75, 3.05) is 26.4 Å². The zero-order valence-corrected chi connectivity index (χ0v) is 17.0. The molecule has 0 bridgehead atoms. The third-order valence-electron chi connectivity index (χ3n) is 5.21. The van der Waals surface area contributed by atoms with E-state index in [2.05, 4.69) is 28.4 Å². The Morgan fingerprint density at radius 2 is 1.23 bits per heavy atom. The van der Waals surface area contributed by atoms with Crippen molar-refractivity contribution >= 4 is 23.1 Å². The Bertz CT molecular complexity index is 1080. The van der Waals surface area contributed by atoms with Crippen LogP contribution in [0.5, 0.6) is 23.0 Å². The van der Waals surface area contributed by atoms with Crippen LogP contribution in [-0.2, 0) is 0 Å². The molecule has 3 aromatic carbocycles. The highest BCUT2D eigenvalue weighted by molar-refractivity contribution is 7.78. The predicted octanol–water partition coefficient (Wildman–Crippen LogP) is 5.14. The number of fused-ring (bicyclic) bond motifs is 2. The van der Waals surface area contributed by atoms with E-state index in [4.69, 9.17) is 31.2 Å². The van der Waals surface area contributed by atoms with E-state index in [0.717, 1.165) is 45.4 Å². The molecule has 0 spiro atoms. The fraction of sp³-hybridized carbons (Fsp3) is 0.208. The van der Waals surface area contributed by atoms with Gasteiger partial charge in [-0.15, -0.1) is 0 Å². The first kappa shape index (κ1) is 18.7. The monoisotopic (exact) mass is 417 g/mol. The summed E-state index contributed by atoms with van der Waals surface area (Å²) in [5.41, 5.74) is 3.91. The molecule has 5 rings (SSSR count). The Morgan fingerprint density at radius 1 is 0.700 bits per heavy atom. The summed E-state index contributed by atoms with van der Waals surface area (Å²) in [6, 6.07) is 20.1. The molecule has 150 valence electrons. The van der Waals surface area contributed by atoms with Gasteiger partial charge in [0, 0.05) is 5.92 Å². The molecule has 2 aliphatic rings. The van der Waals surface area contributed by atoms with E-state index in [9.17, 15) is 0 Å². The van der Waals surface area contributed by atoms with Crippen molar-refractivity contribution in [3.63, 3.8) is 0 Å². The summed E-state index contributed by atoms with van der Waals surface area (Å²) in [4.78, 5) is 4.31. The zero-order valence-electron chi connectivity index (χ0n) is 16.2. The number of hydrogen-bond acceptors (Lipinski definition) is 6. The van der Waals surface area contributed by atoms with Crippen molar-refractivity contribution in [1.82, 2.24) is 0 Å². The lowest BCUT2D eigenvalue weighted by molar-refractivity contribution is 0.171. The molecule has 0 amide bonds. The van der Waals surface area contributed by atoms with E-state index in [-0.39, 0.29) is 5.92 Å². The Balaban J connectivity index is 1.68. The summed E-state index contributed by atoms with van der Waals surface area (Å²) in [5.74, 6) is 2.90. The molecule has 6 heteroatoms. The summed E-state index contributed by atoms with van der Waals surface area (Å²) in [6.07, 6.45) is 0. The summed E-state index contributed by atoms with van der Waals surface area (Å²) in [7, 11) is 0. The van der Waals surface area contributed by atoms with Gasteiger partial charge < -0.3 is 18.9 Å². The Morgan fingerprint density at radius 3 is 1.80 bits per heavy atom. The molecule has 30 heavy (non-hydrogen) atoms. The average Bonchev–Trinajstić information content (AvgIpc) is 2.80. The van der Waals surface area contributed by atoms with Crippen molar-refractivity contribution < 1.29 is 18.9 Å². The summed E-state index contributed by atoms with van der Waals surface area (Å²) in [5, 5.41) is 2.50. The first-order valence-electron chi connectivity index (χ1n) is 9.79. The van der Waals surface area contributed by atoms with Gasteiger partial charge in [-0.3, -0.25) is 0 Å². The van der Waals surface area contributed by atoms with Gasteiger partial charge in [0.2, 0.25) is 0 Å². The number of thiocarbonyl (C=S) groups is 1. The Hall–Kier alpha value is -3.34. The number of nitrogens with zero attached hydrogens (tertiary/aromatic N) is 1. The fourth-order valence-corrected chi connectivity index (χ4v) is 4.01. The third-order valence-corrected chi connectivity index (χ3v) is 5.30. The van der Waals surface area contributed by atoms with Gasteiger partial charge in [-0.1, -0.05) is 30.3 Å². The van der Waals surface area contributed by atoms with E-state index in [1.165, 1.54) is 0 Å². The first-order valence-corrected chi connectivity index (χ1v) is 10.2. The highest BCUT2D eigenvalue weighted by Crippen LogP contribution is 2.43.